The van der Waals surface area contributed by atoms with Crippen molar-refractivity contribution in [3.05, 3.63) is 91.4 Å². The number of nitrogens with one attached hydrogen (secondary N) is 1. The smallest absolute Gasteiger partial charge is 0.335 e. The van der Waals surface area contributed by atoms with Gasteiger partial charge in [0.05, 0.1) is 12.7 Å². The molecule has 0 radical (unpaired) electrons. The summed E-state index contributed by atoms with van der Waals surface area (Å²) in [4.78, 5) is 11.0. The van der Waals surface area contributed by atoms with E-state index in [2.05, 4.69) is 21.2 Å². The first-order valence-electron chi connectivity index (χ1n) is 9.34. The first kappa shape index (κ1) is 23.4. The van der Waals surface area contributed by atoms with Gasteiger partial charge in [0.15, 0.2) is 11.5 Å². The summed E-state index contributed by atoms with van der Waals surface area (Å²) in [7, 11) is 1.58. The maximum Gasteiger partial charge on any atom is 0.335 e. The summed E-state index contributed by atoms with van der Waals surface area (Å²) >= 11 is 16.1. The van der Waals surface area contributed by atoms with E-state index in [0.29, 0.717) is 40.2 Å². The Morgan fingerprint density at radius 2 is 1.68 bits per heavy atom. The Morgan fingerprint density at radius 3 is 2.29 bits per heavy atom. The largest absolute Gasteiger partial charge is 0.493 e. The first-order valence-corrected chi connectivity index (χ1v) is 10.9. The lowest BCUT2D eigenvalue weighted by Crippen LogP contribution is -2.15. The molecule has 0 atom stereocenters. The summed E-state index contributed by atoms with van der Waals surface area (Å²) in [5.41, 5.74) is 2.80. The number of aromatic carboxylic acids is 1. The fraction of sp³-hybridized carbons (Fsp3) is 0.174. The zero-order chi connectivity index (χ0) is 22.4. The zero-order valence-corrected chi connectivity index (χ0v) is 19.7. The molecular weight excluding hydrogens is 505 g/mol. The second-order valence-electron chi connectivity index (χ2n) is 6.65. The zero-order valence-electron chi connectivity index (χ0n) is 16.6. The van der Waals surface area contributed by atoms with Crippen molar-refractivity contribution in [1.29, 1.82) is 0 Å². The summed E-state index contributed by atoms with van der Waals surface area (Å²) < 4.78 is 12.5. The summed E-state index contributed by atoms with van der Waals surface area (Å²) in [5.74, 6) is 0.232. The molecule has 0 bridgehead atoms. The van der Waals surface area contributed by atoms with Crippen molar-refractivity contribution in [1.82, 2.24) is 5.32 Å². The average Bonchev–Trinajstić information content (AvgIpc) is 2.75. The standard InChI is InChI=1S/C23H20BrCl2NO4/c1-30-21-10-9-18(24)16(12-27-11-14-5-7-15(8-6-14)23(28)29)22(21)31-13-17-19(25)3-2-4-20(17)26/h2-10,27H,11-13H2,1H3,(H,28,29). The van der Waals surface area contributed by atoms with Gasteiger partial charge in [0.1, 0.15) is 6.61 Å². The quantitative estimate of drug-likeness (QED) is 0.342. The maximum absolute atomic E-state index is 11.0. The van der Waals surface area contributed by atoms with Crippen LogP contribution in [0, 0.1) is 0 Å². The van der Waals surface area contributed by atoms with Crippen molar-refractivity contribution in [2.75, 3.05) is 7.11 Å². The van der Waals surface area contributed by atoms with Gasteiger partial charge in [-0.15, -0.1) is 0 Å². The summed E-state index contributed by atoms with van der Waals surface area (Å²) in [6, 6.07) is 15.8. The number of hydrogen-bond acceptors (Lipinski definition) is 4. The number of benzene rings is 3. The van der Waals surface area contributed by atoms with Crippen LogP contribution in [-0.2, 0) is 19.7 Å². The van der Waals surface area contributed by atoms with Gasteiger partial charge in [0.2, 0.25) is 0 Å². The van der Waals surface area contributed by atoms with Crippen LogP contribution in [0.2, 0.25) is 10.0 Å². The number of hydrogen-bond donors (Lipinski definition) is 2. The third kappa shape index (κ3) is 5.92. The molecule has 0 spiro atoms. The van der Waals surface area contributed by atoms with E-state index in [-0.39, 0.29) is 12.2 Å². The molecule has 0 fully saturated rings. The van der Waals surface area contributed by atoms with Crippen molar-refractivity contribution in [2.24, 2.45) is 0 Å². The molecule has 0 saturated carbocycles. The van der Waals surface area contributed by atoms with Gasteiger partial charge >= 0.3 is 5.97 Å². The number of halogens is 3. The van der Waals surface area contributed by atoms with Gasteiger partial charge in [-0.05, 0) is 42.0 Å². The van der Waals surface area contributed by atoms with Gasteiger partial charge < -0.3 is 19.9 Å². The van der Waals surface area contributed by atoms with E-state index in [1.807, 2.05) is 12.1 Å². The highest BCUT2D eigenvalue weighted by molar-refractivity contribution is 9.10. The molecule has 5 nitrogen and oxygen atoms in total. The van der Waals surface area contributed by atoms with Crippen molar-refractivity contribution in [3.8, 4) is 11.5 Å². The second-order valence-corrected chi connectivity index (χ2v) is 8.32. The molecule has 0 aliphatic heterocycles. The minimum absolute atomic E-state index is 0.189. The van der Waals surface area contributed by atoms with Crippen LogP contribution in [0.3, 0.4) is 0 Å². The lowest BCUT2D eigenvalue weighted by atomic mass is 10.1. The third-order valence-electron chi connectivity index (χ3n) is 4.64. The highest BCUT2D eigenvalue weighted by Crippen LogP contribution is 2.37. The Labute approximate surface area is 199 Å². The predicted octanol–water partition coefficient (Wildman–Crippen LogP) is 6.33. The molecule has 162 valence electrons. The third-order valence-corrected chi connectivity index (χ3v) is 6.09. The number of ether oxygens (including phenoxy) is 2. The molecule has 3 aromatic rings. The number of rotatable bonds is 9. The maximum atomic E-state index is 11.0. The molecule has 0 aliphatic carbocycles. The Morgan fingerprint density at radius 1 is 1.00 bits per heavy atom. The van der Waals surface area contributed by atoms with Crippen LogP contribution < -0.4 is 14.8 Å². The summed E-state index contributed by atoms with van der Waals surface area (Å²) in [6.07, 6.45) is 0. The topological polar surface area (TPSA) is 67.8 Å². The monoisotopic (exact) mass is 523 g/mol. The van der Waals surface area contributed by atoms with Crippen LogP contribution in [0.15, 0.2) is 59.1 Å². The van der Waals surface area contributed by atoms with Gasteiger partial charge in [0, 0.05) is 38.7 Å². The fourth-order valence-corrected chi connectivity index (χ4v) is 3.94. The lowest BCUT2D eigenvalue weighted by molar-refractivity contribution is 0.0697. The molecular formula is C23H20BrCl2NO4. The van der Waals surface area contributed by atoms with Gasteiger partial charge in [-0.1, -0.05) is 57.3 Å². The van der Waals surface area contributed by atoms with E-state index in [0.717, 1.165) is 15.6 Å². The number of carboxylic acid groups (broad SMARTS) is 1. The van der Waals surface area contributed by atoms with Crippen LogP contribution in [0.1, 0.15) is 27.0 Å². The van der Waals surface area contributed by atoms with Crippen molar-refractivity contribution in [2.45, 2.75) is 19.7 Å². The number of methoxy groups -OCH3 is 1. The highest BCUT2D eigenvalue weighted by Gasteiger charge is 2.16. The van der Waals surface area contributed by atoms with Gasteiger partial charge in [-0.25, -0.2) is 4.79 Å². The average molecular weight is 525 g/mol. The Balaban J connectivity index is 1.75. The molecule has 0 unspecified atom stereocenters. The van der Waals surface area contributed by atoms with E-state index in [4.69, 9.17) is 37.8 Å². The number of carboxylic acids is 1. The van der Waals surface area contributed by atoms with E-state index >= 15 is 0 Å². The molecule has 0 aliphatic rings. The molecule has 0 aromatic heterocycles. The molecule has 3 rings (SSSR count). The Bertz CT molecular complexity index is 1050. The van der Waals surface area contributed by atoms with Gasteiger partial charge in [-0.2, -0.15) is 0 Å². The molecule has 3 aromatic carbocycles. The van der Waals surface area contributed by atoms with Crippen LogP contribution in [0.4, 0.5) is 0 Å². The summed E-state index contributed by atoms with van der Waals surface area (Å²) in [6.45, 7) is 1.23. The molecule has 2 N–H and O–H groups in total. The Kier molecular flexibility index (Phi) is 8.21. The molecule has 31 heavy (non-hydrogen) atoms. The highest BCUT2D eigenvalue weighted by atomic mass is 79.9. The predicted molar refractivity (Wildman–Crippen MR) is 125 cm³/mol. The molecule has 8 heteroatoms. The lowest BCUT2D eigenvalue weighted by Gasteiger charge is -2.18. The van der Waals surface area contributed by atoms with E-state index in [9.17, 15) is 4.79 Å². The van der Waals surface area contributed by atoms with Crippen LogP contribution in [0.25, 0.3) is 0 Å². The van der Waals surface area contributed by atoms with E-state index in [1.54, 1.807) is 49.6 Å². The Hall–Kier alpha value is -2.25. The summed E-state index contributed by atoms with van der Waals surface area (Å²) in [5, 5.41) is 13.4. The first-order chi connectivity index (χ1) is 14.9. The van der Waals surface area contributed by atoms with Crippen LogP contribution in [0.5, 0.6) is 11.5 Å². The van der Waals surface area contributed by atoms with Crippen LogP contribution in [-0.4, -0.2) is 18.2 Å². The molecule has 0 amide bonds. The van der Waals surface area contributed by atoms with E-state index < -0.39 is 5.97 Å². The minimum Gasteiger partial charge on any atom is -0.493 e. The van der Waals surface area contributed by atoms with Crippen molar-refractivity contribution < 1.29 is 19.4 Å². The normalized spacial score (nSPS) is 10.7. The molecule has 0 heterocycles. The van der Waals surface area contributed by atoms with Crippen molar-refractivity contribution in [3.63, 3.8) is 0 Å². The SMILES string of the molecule is COc1ccc(Br)c(CNCc2ccc(C(=O)O)cc2)c1OCc1c(Cl)cccc1Cl. The van der Waals surface area contributed by atoms with Gasteiger partial charge in [0.25, 0.3) is 0 Å². The van der Waals surface area contributed by atoms with E-state index in [1.165, 1.54) is 0 Å². The molecule has 0 saturated heterocycles. The number of carbonyl (C=O) groups is 1. The van der Waals surface area contributed by atoms with Crippen LogP contribution >= 0.6 is 39.1 Å². The van der Waals surface area contributed by atoms with Crippen molar-refractivity contribution >= 4 is 45.1 Å². The van der Waals surface area contributed by atoms with Gasteiger partial charge in [-0.3, -0.25) is 0 Å². The second kappa shape index (κ2) is 10.9. The fourth-order valence-electron chi connectivity index (χ4n) is 2.98. The minimum atomic E-state index is -0.944.